The molecule has 0 aliphatic rings. The molecule has 1 aromatic rings. The highest BCUT2D eigenvalue weighted by molar-refractivity contribution is 5.89. The lowest BCUT2D eigenvalue weighted by atomic mass is 9.92. The van der Waals surface area contributed by atoms with Gasteiger partial charge in [0.15, 0.2) is 11.6 Å². The van der Waals surface area contributed by atoms with Crippen LogP contribution >= 0.6 is 0 Å². The first kappa shape index (κ1) is 20.6. The fourth-order valence-corrected chi connectivity index (χ4v) is 2.13. The number of rotatable bonds is 9. The molecule has 0 bridgehead atoms. The first-order valence-electron chi connectivity index (χ1n) is 7.87. The summed E-state index contributed by atoms with van der Waals surface area (Å²) in [5.74, 6) is 0.305. The molecular weight excluding hydrogens is 280 g/mol. The van der Waals surface area contributed by atoms with Crippen molar-refractivity contribution < 1.29 is 10.3 Å². The van der Waals surface area contributed by atoms with E-state index in [4.69, 9.17) is 11.5 Å². The van der Waals surface area contributed by atoms with Crippen LogP contribution in [-0.2, 0) is 11.2 Å². The minimum Gasteiger partial charge on any atom is -0.412 e. The topological polar surface area (TPSA) is 126 Å². The number of ketones is 1. The molecule has 6 N–H and O–H groups in total. The van der Waals surface area contributed by atoms with E-state index in [1.807, 2.05) is 19.9 Å². The summed E-state index contributed by atoms with van der Waals surface area (Å²) in [6.45, 7) is 6.13. The molecule has 0 fully saturated rings. The first-order chi connectivity index (χ1) is 10.0. The second kappa shape index (κ2) is 10.4. The second-order valence-corrected chi connectivity index (χ2v) is 5.65. The summed E-state index contributed by atoms with van der Waals surface area (Å²) in [5.41, 5.74) is 12.9. The van der Waals surface area contributed by atoms with Crippen LogP contribution in [0.2, 0.25) is 0 Å². The zero-order valence-corrected chi connectivity index (χ0v) is 13.9. The van der Waals surface area contributed by atoms with Gasteiger partial charge in [-0.2, -0.15) is 0 Å². The van der Waals surface area contributed by atoms with Crippen LogP contribution in [0.15, 0.2) is 12.3 Å². The van der Waals surface area contributed by atoms with E-state index in [2.05, 4.69) is 16.9 Å². The van der Waals surface area contributed by atoms with Crippen molar-refractivity contribution >= 4 is 5.78 Å². The van der Waals surface area contributed by atoms with Gasteiger partial charge in [0.25, 0.3) is 0 Å². The van der Waals surface area contributed by atoms with Crippen LogP contribution in [0.4, 0.5) is 0 Å². The summed E-state index contributed by atoms with van der Waals surface area (Å²) in [4.78, 5) is 20.8. The molecule has 0 saturated carbocycles. The van der Waals surface area contributed by atoms with E-state index in [9.17, 15) is 4.79 Å². The van der Waals surface area contributed by atoms with Crippen molar-refractivity contribution in [1.82, 2.24) is 9.97 Å². The zero-order chi connectivity index (χ0) is 15.8. The van der Waals surface area contributed by atoms with E-state index < -0.39 is 12.1 Å². The van der Waals surface area contributed by atoms with Gasteiger partial charge in [-0.25, -0.2) is 9.97 Å². The summed E-state index contributed by atoms with van der Waals surface area (Å²) in [7, 11) is 0. The van der Waals surface area contributed by atoms with Gasteiger partial charge in [0.05, 0.1) is 6.04 Å². The van der Waals surface area contributed by atoms with Crippen molar-refractivity contribution in [3.05, 3.63) is 23.8 Å². The Morgan fingerprint density at radius 2 is 1.95 bits per heavy atom. The highest BCUT2D eigenvalue weighted by atomic mass is 16.1. The summed E-state index contributed by atoms with van der Waals surface area (Å²) in [6, 6.07) is 0.489. The van der Waals surface area contributed by atoms with E-state index in [1.165, 1.54) is 12.8 Å². The summed E-state index contributed by atoms with van der Waals surface area (Å²) < 4.78 is 0. The van der Waals surface area contributed by atoms with Gasteiger partial charge in [0.2, 0.25) is 0 Å². The Morgan fingerprint density at radius 1 is 1.27 bits per heavy atom. The Labute approximate surface area is 133 Å². The van der Waals surface area contributed by atoms with Crippen molar-refractivity contribution in [2.24, 2.45) is 17.4 Å². The highest BCUT2D eigenvalue weighted by Gasteiger charge is 2.27. The molecule has 6 nitrogen and oxygen atoms in total. The minimum absolute atomic E-state index is 0. The molecule has 0 aromatic carbocycles. The lowest BCUT2D eigenvalue weighted by Crippen LogP contribution is -2.42. The third-order valence-electron chi connectivity index (χ3n) is 3.94. The van der Waals surface area contributed by atoms with Crippen LogP contribution in [-0.4, -0.2) is 27.3 Å². The largest absolute Gasteiger partial charge is 0.412 e. The molecule has 22 heavy (non-hydrogen) atoms. The fourth-order valence-electron chi connectivity index (χ4n) is 2.13. The normalized spacial score (nSPS) is 14.8. The van der Waals surface area contributed by atoms with E-state index in [-0.39, 0.29) is 17.2 Å². The minimum atomic E-state index is -0.833. The number of hydrogen-bond donors (Lipinski definition) is 2. The zero-order valence-electron chi connectivity index (χ0n) is 13.9. The average molecular weight is 310 g/mol. The van der Waals surface area contributed by atoms with Crippen molar-refractivity contribution in [2.75, 3.05) is 0 Å². The van der Waals surface area contributed by atoms with Crippen molar-refractivity contribution in [3.63, 3.8) is 0 Å². The molecule has 0 aliphatic carbocycles. The maximum absolute atomic E-state index is 12.3. The van der Waals surface area contributed by atoms with Crippen LogP contribution in [0.1, 0.15) is 64.0 Å². The second-order valence-electron chi connectivity index (χ2n) is 5.65. The van der Waals surface area contributed by atoms with Crippen molar-refractivity contribution in [1.29, 1.82) is 0 Å². The Balaban J connectivity index is 0.00000441. The maximum Gasteiger partial charge on any atom is 0.174 e. The van der Waals surface area contributed by atoms with E-state index in [1.54, 1.807) is 6.20 Å². The van der Waals surface area contributed by atoms with Gasteiger partial charge in [-0.05, 0) is 24.8 Å². The number of nitrogens with two attached hydrogens (primary N) is 2. The van der Waals surface area contributed by atoms with Crippen LogP contribution in [0.3, 0.4) is 0 Å². The first-order valence-corrected chi connectivity index (χ1v) is 7.87. The quantitative estimate of drug-likeness (QED) is 0.665. The molecule has 0 spiro atoms. The lowest BCUT2D eigenvalue weighted by molar-refractivity contribution is -0.122. The number of carbonyl (C=O) groups excluding carboxylic acids is 1. The predicted molar refractivity (Wildman–Crippen MR) is 88.2 cm³/mol. The maximum atomic E-state index is 12.3. The van der Waals surface area contributed by atoms with Crippen molar-refractivity contribution in [3.8, 4) is 0 Å². The molecular formula is C16H30N4O2. The highest BCUT2D eigenvalue weighted by Crippen LogP contribution is 2.14. The van der Waals surface area contributed by atoms with Crippen molar-refractivity contribution in [2.45, 2.75) is 65.0 Å². The third kappa shape index (κ3) is 5.79. The molecule has 0 aliphatic heterocycles. The predicted octanol–water partition coefficient (Wildman–Crippen LogP) is 1.33. The molecule has 3 atom stereocenters. The SMILES string of the molecule is CCCCCc1ccnc(C(N)C(=O)C(N)C(C)CC)n1.O. The summed E-state index contributed by atoms with van der Waals surface area (Å²) in [5, 5.41) is 0. The average Bonchev–Trinajstić information content (AvgIpc) is 2.52. The van der Waals surface area contributed by atoms with Gasteiger partial charge in [0, 0.05) is 11.9 Å². The Bertz CT molecular complexity index is 454. The van der Waals surface area contributed by atoms with E-state index in [0.29, 0.717) is 5.82 Å². The molecule has 1 aromatic heterocycles. The number of aromatic nitrogens is 2. The molecule has 6 heteroatoms. The molecule has 0 saturated heterocycles. The van der Waals surface area contributed by atoms with Gasteiger partial charge in [-0.1, -0.05) is 40.0 Å². The molecule has 126 valence electrons. The fraction of sp³-hybridized carbons (Fsp3) is 0.688. The van der Waals surface area contributed by atoms with E-state index >= 15 is 0 Å². The number of carbonyl (C=O) groups is 1. The van der Waals surface area contributed by atoms with Crippen LogP contribution < -0.4 is 11.5 Å². The monoisotopic (exact) mass is 310 g/mol. The van der Waals surface area contributed by atoms with E-state index in [0.717, 1.165) is 25.0 Å². The molecule has 3 unspecified atom stereocenters. The smallest absolute Gasteiger partial charge is 0.174 e. The Hall–Kier alpha value is -1.37. The molecule has 1 rings (SSSR count). The van der Waals surface area contributed by atoms with Crippen LogP contribution in [0.5, 0.6) is 0 Å². The van der Waals surface area contributed by atoms with Crippen LogP contribution in [0.25, 0.3) is 0 Å². The van der Waals surface area contributed by atoms with Gasteiger partial charge >= 0.3 is 0 Å². The Morgan fingerprint density at radius 3 is 2.55 bits per heavy atom. The number of hydrogen-bond acceptors (Lipinski definition) is 5. The van der Waals surface area contributed by atoms with Gasteiger partial charge in [-0.15, -0.1) is 0 Å². The number of aryl methyl sites for hydroxylation is 1. The van der Waals surface area contributed by atoms with Gasteiger partial charge < -0.3 is 16.9 Å². The van der Waals surface area contributed by atoms with Gasteiger partial charge in [0.1, 0.15) is 6.04 Å². The Kier molecular flexibility index (Phi) is 9.73. The number of nitrogens with zero attached hydrogens (tertiary/aromatic N) is 2. The summed E-state index contributed by atoms with van der Waals surface area (Å²) in [6.07, 6.45) is 6.83. The standard InChI is InChI=1S/C16H28N4O.H2O/c1-4-6-7-8-12-9-10-19-16(20-12)14(18)15(21)13(17)11(3)5-2;/h9-11,13-14H,4-8,17-18H2,1-3H3;1H2. The van der Waals surface area contributed by atoms with Crippen LogP contribution in [0, 0.1) is 5.92 Å². The van der Waals surface area contributed by atoms with Gasteiger partial charge in [-0.3, -0.25) is 4.79 Å². The number of Topliss-reactive ketones (excluding diaryl/α,β-unsaturated/α-hetero) is 1. The number of unbranched alkanes of at least 4 members (excludes halogenated alkanes) is 2. The lowest BCUT2D eigenvalue weighted by Gasteiger charge is -2.20. The molecule has 0 amide bonds. The summed E-state index contributed by atoms with van der Waals surface area (Å²) >= 11 is 0. The molecule has 1 heterocycles. The molecule has 0 radical (unpaired) electrons. The third-order valence-corrected chi connectivity index (χ3v) is 3.94.